The van der Waals surface area contributed by atoms with Gasteiger partial charge in [-0.2, -0.15) is 0 Å². The standard InChI is InChI=1S/C25H33N3O3/c1-19(2)24(27-23(29)18-31-22-8-4-3-5-9-22)25(30)26-16-20-10-12-21(13-11-20)17-28-14-6-7-15-28/h3-5,8-13,19,24H,6-7,14-18H2,1-2H3,(H,26,30)(H,27,29)/p+1/t24-/m0/s1. The Morgan fingerprint density at radius 2 is 1.61 bits per heavy atom. The molecule has 166 valence electrons. The number of amides is 2. The fourth-order valence-corrected chi connectivity index (χ4v) is 3.83. The Hall–Kier alpha value is -2.86. The van der Waals surface area contributed by atoms with Crippen molar-refractivity contribution >= 4 is 11.8 Å². The van der Waals surface area contributed by atoms with E-state index in [1.165, 1.54) is 31.5 Å². The molecule has 1 aliphatic heterocycles. The molecule has 0 bridgehead atoms. The molecular formula is C25H34N3O3+. The molecule has 1 heterocycles. The smallest absolute Gasteiger partial charge is 0.258 e. The van der Waals surface area contributed by atoms with E-state index in [9.17, 15) is 9.59 Å². The van der Waals surface area contributed by atoms with Gasteiger partial charge in [-0.05, 0) is 23.6 Å². The predicted octanol–water partition coefficient (Wildman–Crippen LogP) is 1.70. The quantitative estimate of drug-likeness (QED) is 0.544. The van der Waals surface area contributed by atoms with Crippen molar-refractivity contribution in [2.45, 2.75) is 45.8 Å². The van der Waals surface area contributed by atoms with Gasteiger partial charge in [0.15, 0.2) is 6.61 Å². The number of ether oxygens (including phenoxy) is 1. The van der Waals surface area contributed by atoms with Crippen LogP contribution in [-0.2, 0) is 22.7 Å². The third kappa shape index (κ3) is 7.40. The minimum absolute atomic E-state index is 0.0357. The lowest BCUT2D eigenvalue weighted by molar-refractivity contribution is -0.901. The lowest BCUT2D eigenvalue weighted by Crippen LogP contribution is -3.08. The molecule has 31 heavy (non-hydrogen) atoms. The van der Waals surface area contributed by atoms with Crippen LogP contribution in [-0.4, -0.2) is 37.6 Å². The number of likely N-dealkylation sites (tertiary alicyclic amines) is 1. The first-order valence-electron chi connectivity index (χ1n) is 11.2. The van der Waals surface area contributed by atoms with E-state index in [0.29, 0.717) is 12.3 Å². The summed E-state index contributed by atoms with van der Waals surface area (Å²) in [6.45, 7) is 7.73. The van der Waals surface area contributed by atoms with E-state index in [2.05, 4.69) is 34.9 Å². The number of hydrogen-bond donors (Lipinski definition) is 3. The highest BCUT2D eigenvalue weighted by molar-refractivity contribution is 5.88. The molecule has 0 unspecified atom stereocenters. The van der Waals surface area contributed by atoms with E-state index in [4.69, 9.17) is 4.74 Å². The van der Waals surface area contributed by atoms with Gasteiger partial charge in [-0.3, -0.25) is 9.59 Å². The van der Waals surface area contributed by atoms with Gasteiger partial charge in [0.05, 0.1) is 13.1 Å². The van der Waals surface area contributed by atoms with Crippen molar-refractivity contribution in [1.29, 1.82) is 0 Å². The zero-order chi connectivity index (χ0) is 22.1. The lowest BCUT2D eigenvalue weighted by Gasteiger charge is -2.22. The molecule has 0 saturated carbocycles. The minimum Gasteiger partial charge on any atom is -0.484 e. The van der Waals surface area contributed by atoms with Crippen molar-refractivity contribution in [3.63, 3.8) is 0 Å². The number of nitrogens with one attached hydrogen (secondary N) is 3. The van der Waals surface area contributed by atoms with Gasteiger partial charge >= 0.3 is 0 Å². The molecule has 1 fully saturated rings. The van der Waals surface area contributed by atoms with Crippen LogP contribution in [0.2, 0.25) is 0 Å². The summed E-state index contributed by atoms with van der Waals surface area (Å²) in [5.74, 6) is 0.0876. The second kappa shape index (κ2) is 11.5. The molecule has 6 heteroatoms. The fourth-order valence-electron chi connectivity index (χ4n) is 3.83. The van der Waals surface area contributed by atoms with Crippen LogP contribution in [0.25, 0.3) is 0 Å². The largest absolute Gasteiger partial charge is 0.484 e. The van der Waals surface area contributed by atoms with Crippen molar-refractivity contribution in [3.05, 3.63) is 65.7 Å². The van der Waals surface area contributed by atoms with Gasteiger partial charge in [-0.15, -0.1) is 0 Å². The van der Waals surface area contributed by atoms with Crippen LogP contribution in [0, 0.1) is 5.92 Å². The summed E-state index contributed by atoms with van der Waals surface area (Å²) in [6.07, 6.45) is 2.65. The van der Waals surface area contributed by atoms with Crippen molar-refractivity contribution in [1.82, 2.24) is 10.6 Å². The maximum Gasteiger partial charge on any atom is 0.258 e. The molecule has 1 aliphatic rings. The summed E-state index contributed by atoms with van der Waals surface area (Å²) in [5, 5.41) is 5.75. The summed E-state index contributed by atoms with van der Waals surface area (Å²) < 4.78 is 5.47. The Bertz CT molecular complexity index is 831. The Labute approximate surface area is 185 Å². The third-order valence-corrected chi connectivity index (χ3v) is 5.63. The van der Waals surface area contributed by atoms with Crippen molar-refractivity contribution < 1.29 is 19.2 Å². The molecule has 2 aromatic rings. The van der Waals surface area contributed by atoms with E-state index in [-0.39, 0.29) is 24.3 Å². The number of hydrogen-bond acceptors (Lipinski definition) is 3. The molecule has 1 saturated heterocycles. The highest BCUT2D eigenvalue weighted by atomic mass is 16.5. The zero-order valence-electron chi connectivity index (χ0n) is 18.5. The first-order valence-corrected chi connectivity index (χ1v) is 11.2. The van der Waals surface area contributed by atoms with Crippen LogP contribution in [0.15, 0.2) is 54.6 Å². The molecule has 2 amide bonds. The zero-order valence-corrected chi connectivity index (χ0v) is 18.5. The Morgan fingerprint density at radius 3 is 2.26 bits per heavy atom. The van der Waals surface area contributed by atoms with Gasteiger partial charge < -0.3 is 20.3 Å². The highest BCUT2D eigenvalue weighted by Gasteiger charge is 2.24. The number of para-hydroxylation sites is 1. The summed E-state index contributed by atoms with van der Waals surface area (Å²) >= 11 is 0. The van der Waals surface area contributed by atoms with Crippen LogP contribution in [0.3, 0.4) is 0 Å². The van der Waals surface area contributed by atoms with Crippen LogP contribution >= 0.6 is 0 Å². The molecule has 0 aliphatic carbocycles. The first-order chi connectivity index (χ1) is 15.0. The second-order valence-corrected chi connectivity index (χ2v) is 8.56. The SMILES string of the molecule is CC(C)[C@H](NC(=O)COc1ccccc1)C(=O)NCc1ccc(C[NH+]2CCCC2)cc1. The van der Waals surface area contributed by atoms with E-state index in [1.54, 1.807) is 17.0 Å². The molecule has 1 atom stereocenters. The van der Waals surface area contributed by atoms with Crippen molar-refractivity contribution in [2.24, 2.45) is 5.92 Å². The molecular weight excluding hydrogens is 390 g/mol. The lowest BCUT2D eigenvalue weighted by atomic mass is 10.0. The van der Waals surface area contributed by atoms with Gasteiger partial charge in [-0.25, -0.2) is 0 Å². The number of carbonyl (C=O) groups is 2. The average molecular weight is 425 g/mol. The first kappa shape index (κ1) is 22.8. The Balaban J connectivity index is 1.45. The molecule has 0 radical (unpaired) electrons. The van der Waals surface area contributed by atoms with Crippen LogP contribution in [0.4, 0.5) is 0 Å². The Morgan fingerprint density at radius 1 is 0.968 bits per heavy atom. The van der Waals surface area contributed by atoms with Crippen LogP contribution in [0.1, 0.15) is 37.8 Å². The normalized spacial score (nSPS) is 14.9. The summed E-state index contributed by atoms with van der Waals surface area (Å²) in [4.78, 5) is 26.6. The van der Waals surface area contributed by atoms with Crippen molar-refractivity contribution in [2.75, 3.05) is 19.7 Å². The predicted molar refractivity (Wildman–Crippen MR) is 121 cm³/mol. The van der Waals surface area contributed by atoms with Gasteiger partial charge in [0.1, 0.15) is 18.3 Å². The fraction of sp³-hybridized carbons (Fsp3) is 0.440. The monoisotopic (exact) mass is 424 g/mol. The van der Waals surface area contributed by atoms with E-state index >= 15 is 0 Å². The maximum absolute atomic E-state index is 12.7. The minimum atomic E-state index is -0.607. The maximum atomic E-state index is 12.7. The van der Waals surface area contributed by atoms with Crippen LogP contribution < -0.4 is 20.3 Å². The van der Waals surface area contributed by atoms with Gasteiger partial charge in [0.2, 0.25) is 5.91 Å². The van der Waals surface area contributed by atoms with Gasteiger partial charge in [0, 0.05) is 24.9 Å². The Kier molecular flexibility index (Phi) is 8.47. The molecule has 0 spiro atoms. The van der Waals surface area contributed by atoms with Crippen LogP contribution in [0.5, 0.6) is 5.75 Å². The highest BCUT2D eigenvalue weighted by Crippen LogP contribution is 2.09. The number of benzene rings is 2. The van der Waals surface area contributed by atoms with Gasteiger partial charge in [-0.1, -0.05) is 56.3 Å². The molecule has 6 nitrogen and oxygen atoms in total. The van der Waals surface area contributed by atoms with E-state index in [0.717, 1.165) is 12.1 Å². The van der Waals surface area contributed by atoms with Gasteiger partial charge in [0.25, 0.3) is 5.91 Å². The summed E-state index contributed by atoms with van der Waals surface area (Å²) in [5.41, 5.74) is 2.38. The topological polar surface area (TPSA) is 71.9 Å². The van der Waals surface area contributed by atoms with E-state index < -0.39 is 6.04 Å². The second-order valence-electron chi connectivity index (χ2n) is 8.56. The molecule has 2 aromatic carbocycles. The van der Waals surface area contributed by atoms with E-state index in [1.807, 2.05) is 32.0 Å². The number of quaternary nitrogens is 1. The summed E-state index contributed by atoms with van der Waals surface area (Å²) in [6, 6.07) is 17.0. The van der Waals surface area contributed by atoms with Crippen molar-refractivity contribution in [3.8, 4) is 5.75 Å². The summed E-state index contributed by atoms with van der Waals surface area (Å²) in [7, 11) is 0. The average Bonchev–Trinajstić information content (AvgIpc) is 3.29. The molecule has 3 rings (SSSR count). The molecule has 3 N–H and O–H groups in total. The third-order valence-electron chi connectivity index (χ3n) is 5.63. The number of carbonyl (C=O) groups excluding carboxylic acids is 2. The molecule has 0 aromatic heterocycles. The number of rotatable bonds is 10.